The molecule has 8 heteroatoms. The number of fused-ring (bicyclic) bond motifs is 1. The van der Waals surface area contributed by atoms with E-state index in [1.165, 1.54) is 23.2 Å². The zero-order valence-electron chi connectivity index (χ0n) is 9.27. The fourth-order valence-electron chi connectivity index (χ4n) is 1.28. The van der Waals surface area contributed by atoms with E-state index in [-0.39, 0.29) is 87.0 Å². The molecular weight excluding hydrogens is 545 g/mol. The second kappa shape index (κ2) is 10.1. The van der Waals surface area contributed by atoms with Crippen molar-refractivity contribution >= 4 is 45.1 Å². The standard InChI is InChI=1S/C8H13IOS4.2Y/c1-6-11-5-3-4-7-8(12-7,9-10-2)14-13-6;;/h7H,3-5H2,1-2H3;;/q-2;;. The Morgan fingerprint density at radius 2 is 2.19 bits per heavy atom. The van der Waals surface area contributed by atoms with Crippen LogP contribution in [0.15, 0.2) is 0 Å². The van der Waals surface area contributed by atoms with Gasteiger partial charge in [-0.05, 0) is 0 Å². The van der Waals surface area contributed by atoms with Gasteiger partial charge in [-0.1, -0.05) is 0 Å². The summed E-state index contributed by atoms with van der Waals surface area (Å²) in [5, 5.41) is 0.888. The molecule has 1 nitrogen and oxygen atoms in total. The van der Waals surface area contributed by atoms with Gasteiger partial charge >= 0.3 is 114 Å². The van der Waals surface area contributed by atoms with E-state index in [0.717, 1.165) is 5.25 Å². The topological polar surface area (TPSA) is 9.23 Å². The van der Waals surface area contributed by atoms with E-state index in [9.17, 15) is 0 Å². The first-order valence-electron chi connectivity index (χ1n) is 4.46. The van der Waals surface area contributed by atoms with Crippen LogP contribution in [0.2, 0.25) is 0 Å². The van der Waals surface area contributed by atoms with Crippen molar-refractivity contribution in [3.8, 4) is 0 Å². The number of halogens is 1. The van der Waals surface area contributed by atoms with Gasteiger partial charge in [0.1, 0.15) is 0 Å². The van der Waals surface area contributed by atoms with Crippen LogP contribution in [0.3, 0.4) is 0 Å². The molecule has 2 unspecified atom stereocenters. The van der Waals surface area contributed by atoms with Crippen LogP contribution in [0.5, 0.6) is 0 Å². The summed E-state index contributed by atoms with van der Waals surface area (Å²) in [6.07, 6.45) is 2.76. The van der Waals surface area contributed by atoms with Crippen LogP contribution >= 0.6 is 45.1 Å². The molecule has 2 radical (unpaired) electrons. The van der Waals surface area contributed by atoms with Crippen LogP contribution < -0.4 is 21.6 Å². The van der Waals surface area contributed by atoms with Gasteiger partial charge in [0.2, 0.25) is 0 Å². The van der Waals surface area contributed by atoms with Gasteiger partial charge in [0.25, 0.3) is 0 Å². The number of thioether (sulfide) groups is 2. The summed E-state index contributed by atoms with van der Waals surface area (Å²) < 4.78 is 7.44. The molecule has 2 fully saturated rings. The normalized spacial score (nSPS) is 34.8. The summed E-state index contributed by atoms with van der Waals surface area (Å²) in [6.45, 7) is 2.24. The van der Waals surface area contributed by atoms with E-state index in [1.54, 1.807) is 0 Å². The predicted octanol–water partition coefficient (Wildman–Crippen LogP) is 0.819. The second-order valence-electron chi connectivity index (χ2n) is 3.07. The van der Waals surface area contributed by atoms with Crippen molar-refractivity contribution in [2.75, 3.05) is 12.9 Å². The molecule has 2 aliphatic rings. The fraction of sp³-hybridized carbons (Fsp3) is 0.875. The van der Waals surface area contributed by atoms with E-state index in [2.05, 4.69) is 29.5 Å². The molecule has 90 valence electrons. The zero-order valence-corrected chi connectivity index (χ0v) is 20.4. The van der Waals surface area contributed by atoms with Crippen LogP contribution in [0.4, 0.5) is 0 Å². The van der Waals surface area contributed by atoms with Crippen molar-refractivity contribution < 1.29 is 90.1 Å². The summed E-state index contributed by atoms with van der Waals surface area (Å²) in [5.41, 5.74) is 0. The Morgan fingerprint density at radius 3 is 2.88 bits per heavy atom. The summed E-state index contributed by atoms with van der Waals surface area (Å²) in [7, 11) is 5.90. The van der Waals surface area contributed by atoms with Crippen molar-refractivity contribution in [3.05, 3.63) is 4.58 Å². The third-order valence-corrected chi connectivity index (χ3v) is 14.1. The molecule has 2 aliphatic heterocycles. The maximum absolute atomic E-state index is 5.44. The van der Waals surface area contributed by atoms with E-state index < -0.39 is 0 Å². The minimum Gasteiger partial charge on any atom is 0 e. The Labute approximate surface area is 176 Å². The smallest absolute Gasteiger partial charge is 0 e. The van der Waals surface area contributed by atoms with E-state index in [1.807, 2.05) is 29.7 Å². The largest absolute Gasteiger partial charge is 0 e. The first kappa shape index (κ1) is 20.3. The quantitative estimate of drug-likeness (QED) is 0.163. The van der Waals surface area contributed by atoms with Crippen molar-refractivity contribution in [3.63, 3.8) is 0 Å². The molecular formula is C8H13IOS4Y2-2. The Kier molecular flexibility index (Phi) is 12.8. The van der Waals surface area contributed by atoms with Crippen LogP contribution in [0.25, 0.3) is 0 Å². The molecule has 0 aromatic rings. The number of hydrogen-bond acceptors (Lipinski definition) is 5. The van der Waals surface area contributed by atoms with Crippen molar-refractivity contribution in [2.24, 2.45) is 0 Å². The molecule has 0 N–H and O–H groups in total. The van der Waals surface area contributed by atoms with Gasteiger partial charge in [-0.3, -0.25) is 0 Å². The zero-order chi connectivity index (χ0) is 10.0. The molecule has 0 saturated carbocycles. The van der Waals surface area contributed by atoms with Gasteiger partial charge in [0, 0.05) is 65.4 Å². The van der Waals surface area contributed by atoms with E-state index in [0.29, 0.717) is 2.09 Å². The molecule has 0 aliphatic carbocycles. The van der Waals surface area contributed by atoms with Crippen LogP contribution in [0, 0.1) is 4.58 Å². The fourth-order valence-corrected chi connectivity index (χ4v) is 11.9. The Morgan fingerprint density at radius 1 is 1.44 bits per heavy atom. The average Bonchev–Trinajstić information content (AvgIpc) is 2.83. The van der Waals surface area contributed by atoms with Gasteiger partial charge in [0.05, 0.1) is 0 Å². The molecule has 0 spiro atoms. The van der Waals surface area contributed by atoms with Crippen molar-refractivity contribution in [2.45, 2.75) is 27.1 Å². The van der Waals surface area contributed by atoms with Gasteiger partial charge in [0.15, 0.2) is 0 Å². The van der Waals surface area contributed by atoms with Gasteiger partial charge < -0.3 is 0 Å². The third-order valence-electron chi connectivity index (χ3n) is 2.00. The summed E-state index contributed by atoms with van der Waals surface area (Å²) in [4.78, 5) is 0. The average molecular weight is 558 g/mol. The molecule has 16 heavy (non-hydrogen) atoms. The summed E-state index contributed by atoms with van der Waals surface area (Å²) in [5.74, 6) is 1.30. The maximum atomic E-state index is 5.44. The number of alkyl halides is 1. The number of hydrogen-bond donors (Lipinski definition) is 0. The first-order chi connectivity index (χ1) is 6.77. The predicted molar refractivity (Wildman–Crippen MR) is 66.9 cm³/mol. The molecule has 0 aromatic carbocycles. The van der Waals surface area contributed by atoms with Gasteiger partial charge in [-0.2, -0.15) is 0 Å². The van der Waals surface area contributed by atoms with E-state index >= 15 is 0 Å². The van der Waals surface area contributed by atoms with Crippen molar-refractivity contribution in [1.82, 2.24) is 0 Å². The molecule has 0 bridgehead atoms. The first-order valence-corrected chi connectivity index (χ1v) is 10.4. The molecule has 0 aromatic heterocycles. The molecule has 0 amide bonds. The Bertz CT molecular complexity index is 212. The van der Waals surface area contributed by atoms with E-state index in [4.69, 9.17) is 3.07 Å². The molecule has 2 heterocycles. The SMILES string of the molecule is CO[I-]C12SS[C-](C)SCCCC1S2.[Y].[Y]. The maximum Gasteiger partial charge on any atom is 0 e. The Balaban J connectivity index is 0.00000112. The van der Waals surface area contributed by atoms with Gasteiger partial charge in [-0.15, -0.1) is 0 Å². The molecule has 2 atom stereocenters. The Hall–Kier alpha value is 4.30. The van der Waals surface area contributed by atoms with Crippen LogP contribution in [0.1, 0.15) is 19.8 Å². The summed E-state index contributed by atoms with van der Waals surface area (Å²) >= 11 is 4.10. The second-order valence-corrected chi connectivity index (χ2v) is 13.4. The summed E-state index contributed by atoms with van der Waals surface area (Å²) in [6, 6.07) is 0. The van der Waals surface area contributed by atoms with Crippen molar-refractivity contribution in [1.29, 1.82) is 0 Å². The molecule has 2 rings (SSSR count). The van der Waals surface area contributed by atoms with Crippen LogP contribution in [-0.4, -0.2) is 20.2 Å². The number of rotatable bonds is 2. The minimum atomic E-state index is -0.0817. The van der Waals surface area contributed by atoms with Crippen LogP contribution in [-0.2, 0) is 68.5 Å². The molecule has 2 saturated heterocycles. The third kappa shape index (κ3) is 5.96. The van der Waals surface area contributed by atoms with Gasteiger partial charge in [-0.25, -0.2) is 0 Å². The monoisotopic (exact) mass is 558 g/mol. The minimum absolute atomic E-state index is 0.